The number of amides is 2. The number of aromatic nitrogens is 4. The van der Waals surface area contributed by atoms with Crippen LogP contribution in [0.3, 0.4) is 0 Å². The number of nitrogens with one attached hydrogen (secondary N) is 2. The van der Waals surface area contributed by atoms with E-state index in [1.54, 1.807) is 22.7 Å². The van der Waals surface area contributed by atoms with Gasteiger partial charge in [0.05, 0.1) is 0 Å². The van der Waals surface area contributed by atoms with Gasteiger partial charge in [-0.1, -0.05) is 0 Å². The number of aryl methyl sites for hydroxylation is 4. The Labute approximate surface area is 317 Å². The summed E-state index contributed by atoms with van der Waals surface area (Å²) < 4.78 is 0. The van der Waals surface area contributed by atoms with Gasteiger partial charge in [0.1, 0.15) is 0 Å². The number of rotatable bonds is 10. The summed E-state index contributed by atoms with van der Waals surface area (Å²) in [7, 11) is 0. The molecule has 4 aromatic rings. The minimum atomic E-state index is -0.0692. The van der Waals surface area contributed by atoms with Gasteiger partial charge in [-0.3, -0.25) is 29.4 Å². The van der Waals surface area contributed by atoms with E-state index in [2.05, 4.69) is 106 Å². The van der Waals surface area contributed by atoms with Crippen LogP contribution in [0.5, 0.6) is 0 Å². The molecule has 0 radical (unpaired) electrons. The molecule has 0 saturated carbocycles. The highest BCUT2D eigenvalue weighted by Crippen LogP contribution is 2.30. The Morgan fingerprint density at radius 1 is 0.654 bits per heavy atom. The third-order valence-electron chi connectivity index (χ3n) is 9.94. The smallest absolute Gasteiger partial charge is 0.223 e. The van der Waals surface area contributed by atoms with Crippen LogP contribution < -0.4 is 10.6 Å². The van der Waals surface area contributed by atoms with Gasteiger partial charge in [0.15, 0.2) is 10.3 Å². The average molecular weight is 745 g/mol. The third kappa shape index (κ3) is 12.2. The molecule has 0 aliphatic carbocycles. The molecule has 6 rings (SSSR count). The van der Waals surface area contributed by atoms with Crippen LogP contribution in [0, 0.1) is 39.5 Å². The number of thiazole rings is 2. The minimum Gasteiger partial charge on any atom is -0.302 e. The zero-order chi connectivity index (χ0) is 37.4. The van der Waals surface area contributed by atoms with Crippen molar-refractivity contribution in [3.05, 3.63) is 80.3 Å². The van der Waals surface area contributed by atoms with Crippen LogP contribution in [0.1, 0.15) is 97.0 Å². The first-order chi connectivity index (χ1) is 24.8. The number of likely N-dealkylation sites (tertiary alicyclic amines) is 2. The Balaban J connectivity index is 0.000000201. The molecule has 2 fully saturated rings. The predicted molar refractivity (Wildman–Crippen MR) is 213 cm³/mol. The van der Waals surface area contributed by atoms with Crippen molar-refractivity contribution in [2.24, 2.45) is 11.8 Å². The second-order valence-electron chi connectivity index (χ2n) is 15.0. The maximum atomic E-state index is 11.2. The van der Waals surface area contributed by atoms with E-state index >= 15 is 0 Å². The topological polar surface area (TPSA) is 116 Å². The van der Waals surface area contributed by atoms with Gasteiger partial charge in [0.2, 0.25) is 11.8 Å². The molecule has 2 aliphatic rings. The van der Waals surface area contributed by atoms with Crippen molar-refractivity contribution in [2.45, 2.75) is 119 Å². The highest BCUT2D eigenvalue weighted by molar-refractivity contribution is 7.16. The van der Waals surface area contributed by atoms with Crippen LogP contribution in [0.25, 0.3) is 0 Å². The fraction of sp³-hybridized carbons (Fsp3) is 0.550. The van der Waals surface area contributed by atoms with Gasteiger partial charge in [-0.15, -0.1) is 22.7 Å². The molecule has 52 heavy (non-hydrogen) atoms. The summed E-state index contributed by atoms with van der Waals surface area (Å²) >= 11 is 3.15. The molecule has 0 spiro atoms. The van der Waals surface area contributed by atoms with Crippen LogP contribution in [-0.4, -0.2) is 66.7 Å². The number of carbonyl (C=O) groups is 2. The molecular weight excluding hydrogens is 689 g/mol. The Kier molecular flexibility index (Phi) is 14.1. The fourth-order valence-electron chi connectivity index (χ4n) is 7.62. The van der Waals surface area contributed by atoms with Gasteiger partial charge < -0.3 is 10.6 Å². The highest BCUT2D eigenvalue weighted by atomic mass is 32.1. The van der Waals surface area contributed by atoms with E-state index in [1.165, 1.54) is 60.4 Å². The molecule has 0 unspecified atom stereocenters. The number of pyridine rings is 2. The molecule has 2 amide bonds. The van der Waals surface area contributed by atoms with E-state index in [9.17, 15) is 9.59 Å². The first-order valence-corrected chi connectivity index (χ1v) is 20.2. The van der Waals surface area contributed by atoms with Crippen molar-refractivity contribution >= 4 is 44.8 Å². The summed E-state index contributed by atoms with van der Waals surface area (Å²) in [6, 6.07) is 10.0. The molecular formula is C40H56N8O2S2. The van der Waals surface area contributed by atoms with Crippen LogP contribution in [0.2, 0.25) is 0 Å². The Hall–Kier alpha value is -3.58. The van der Waals surface area contributed by atoms with Crippen molar-refractivity contribution in [2.75, 3.05) is 23.7 Å². The molecule has 6 heterocycles. The lowest BCUT2D eigenvalue weighted by Crippen LogP contribution is -2.41. The second-order valence-corrected chi connectivity index (χ2v) is 17.2. The van der Waals surface area contributed by atoms with E-state index in [0.29, 0.717) is 34.2 Å². The first-order valence-electron chi connectivity index (χ1n) is 18.6. The molecule has 4 aromatic heterocycles. The lowest BCUT2D eigenvalue weighted by atomic mass is 9.88. The molecule has 2 saturated heterocycles. The second kappa shape index (κ2) is 18.4. The van der Waals surface area contributed by atoms with Gasteiger partial charge in [0, 0.05) is 97.0 Å². The van der Waals surface area contributed by atoms with E-state index in [4.69, 9.17) is 0 Å². The van der Waals surface area contributed by atoms with Gasteiger partial charge in [0.25, 0.3) is 0 Å². The lowest BCUT2D eigenvalue weighted by molar-refractivity contribution is -0.115. The molecule has 12 heteroatoms. The number of anilines is 2. The Morgan fingerprint density at radius 3 is 1.37 bits per heavy atom. The molecule has 2 N–H and O–H groups in total. The zero-order valence-corrected chi connectivity index (χ0v) is 33.8. The average Bonchev–Trinajstić information content (AvgIpc) is 3.67. The molecule has 2 aliphatic heterocycles. The molecule has 0 aromatic carbocycles. The molecule has 4 atom stereocenters. The maximum Gasteiger partial charge on any atom is 0.223 e. The van der Waals surface area contributed by atoms with Crippen molar-refractivity contribution in [3.8, 4) is 0 Å². The normalized spacial score (nSPS) is 20.9. The highest BCUT2D eigenvalue weighted by Gasteiger charge is 2.27. The summed E-state index contributed by atoms with van der Waals surface area (Å²) in [4.78, 5) is 47.4. The van der Waals surface area contributed by atoms with Gasteiger partial charge in [-0.25, -0.2) is 9.97 Å². The standard InChI is InChI=1S/2C20H28N4OS/c2*1-13-7-18(8-14(2)22-13)9-17-6-5-15(3)24(11-17)12-19-10-21-20(26-19)23-16(4)25/h2*7-8,10,15,17H,5-6,9,11-12H2,1-4H3,(H,21,23,25)/t2*15-,17-/m10/s1. The largest absolute Gasteiger partial charge is 0.302 e. The minimum absolute atomic E-state index is 0.0692. The Morgan fingerprint density at radius 2 is 1.02 bits per heavy atom. The van der Waals surface area contributed by atoms with E-state index < -0.39 is 0 Å². The Bertz CT molecular complexity index is 1640. The molecule has 0 bridgehead atoms. The predicted octanol–water partition coefficient (Wildman–Crippen LogP) is 7.91. The monoisotopic (exact) mass is 744 g/mol. The van der Waals surface area contributed by atoms with Gasteiger partial charge >= 0.3 is 0 Å². The summed E-state index contributed by atoms with van der Waals surface area (Å²) in [6.07, 6.45) is 11.0. The maximum absolute atomic E-state index is 11.2. The number of hydrogen-bond acceptors (Lipinski definition) is 10. The van der Waals surface area contributed by atoms with Crippen LogP contribution >= 0.6 is 22.7 Å². The zero-order valence-electron chi connectivity index (χ0n) is 32.2. The summed E-state index contributed by atoms with van der Waals surface area (Å²) in [5.41, 5.74) is 7.24. The van der Waals surface area contributed by atoms with Gasteiger partial charge in [-0.05, 0) is 127 Å². The van der Waals surface area contributed by atoms with Crippen LogP contribution in [-0.2, 0) is 35.5 Å². The van der Waals surface area contributed by atoms with Crippen molar-refractivity contribution < 1.29 is 9.59 Å². The van der Waals surface area contributed by atoms with Crippen molar-refractivity contribution in [3.63, 3.8) is 0 Å². The first kappa shape index (κ1) is 39.6. The summed E-state index contributed by atoms with van der Waals surface area (Å²) in [6.45, 7) is 20.0. The van der Waals surface area contributed by atoms with Crippen molar-refractivity contribution in [1.82, 2.24) is 29.7 Å². The summed E-state index contributed by atoms with van der Waals surface area (Å²) in [5.74, 6) is 1.21. The fourth-order valence-corrected chi connectivity index (χ4v) is 9.39. The molecule has 10 nitrogen and oxygen atoms in total. The quantitative estimate of drug-likeness (QED) is 0.168. The van der Waals surface area contributed by atoms with E-state index in [1.807, 2.05) is 12.4 Å². The van der Waals surface area contributed by atoms with E-state index in [0.717, 1.165) is 61.8 Å². The third-order valence-corrected chi connectivity index (χ3v) is 11.7. The number of carbonyl (C=O) groups excluding carboxylic acids is 2. The van der Waals surface area contributed by atoms with E-state index in [-0.39, 0.29) is 11.8 Å². The molecule has 280 valence electrons. The van der Waals surface area contributed by atoms with Crippen LogP contribution in [0.15, 0.2) is 36.7 Å². The van der Waals surface area contributed by atoms with Crippen LogP contribution in [0.4, 0.5) is 10.3 Å². The number of nitrogens with zero attached hydrogens (tertiary/aromatic N) is 6. The van der Waals surface area contributed by atoms with Gasteiger partial charge in [-0.2, -0.15) is 0 Å². The summed E-state index contributed by atoms with van der Waals surface area (Å²) in [5, 5.41) is 6.92. The SMILES string of the molecule is CC(=O)Nc1ncc(CN2C[C@@H](Cc3cc(C)nc(C)c3)CC[C@H]2C)s1.CC(=O)Nc1ncc(CN2C[C@H](Cc3cc(C)nc(C)c3)CC[C@@H]2C)s1. The van der Waals surface area contributed by atoms with Crippen molar-refractivity contribution in [1.29, 1.82) is 0 Å². The number of piperidine rings is 2. The number of hydrogen-bond donors (Lipinski definition) is 2. The lowest BCUT2D eigenvalue weighted by Gasteiger charge is -2.38.